The van der Waals surface area contributed by atoms with Crippen molar-refractivity contribution in [2.24, 2.45) is 4.99 Å². The summed E-state index contributed by atoms with van der Waals surface area (Å²) in [5.74, 6) is 2.13. The average molecular weight is 569 g/mol. The largest absolute Gasteiger partial charge is 0.493 e. The van der Waals surface area contributed by atoms with Gasteiger partial charge in [-0.1, -0.05) is 0 Å². The Morgan fingerprint density at radius 1 is 1.22 bits per heavy atom. The number of ether oxygens (including phenoxy) is 2. The first kappa shape index (κ1) is 24.0. The van der Waals surface area contributed by atoms with E-state index in [0.29, 0.717) is 24.6 Å². The van der Waals surface area contributed by atoms with E-state index in [9.17, 15) is 0 Å². The van der Waals surface area contributed by atoms with Gasteiger partial charge in [0.05, 0.1) is 42.5 Å². The second-order valence-electron chi connectivity index (χ2n) is 5.60. The Labute approximate surface area is 190 Å². The van der Waals surface area contributed by atoms with E-state index in [-0.39, 0.29) is 24.0 Å². The maximum atomic E-state index is 5.39. The van der Waals surface area contributed by atoms with Crippen LogP contribution in [0.5, 0.6) is 11.5 Å². The monoisotopic (exact) mass is 568 g/mol. The van der Waals surface area contributed by atoms with E-state index >= 15 is 0 Å². The first-order valence-electron chi connectivity index (χ1n) is 8.34. The third-order valence-corrected chi connectivity index (χ3v) is 5.34. The molecule has 0 bridgehead atoms. The van der Waals surface area contributed by atoms with Gasteiger partial charge in [0.15, 0.2) is 17.5 Å². The molecule has 27 heavy (non-hydrogen) atoms. The van der Waals surface area contributed by atoms with Gasteiger partial charge >= 0.3 is 0 Å². The van der Waals surface area contributed by atoms with Crippen molar-refractivity contribution in [1.82, 2.24) is 15.6 Å². The van der Waals surface area contributed by atoms with Crippen LogP contribution in [0.25, 0.3) is 0 Å². The van der Waals surface area contributed by atoms with Crippen LogP contribution in [0.2, 0.25) is 0 Å². The zero-order valence-electron chi connectivity index (χ0n) is 16.2. The number of benzene rings is 1. The van der Waals surface area contributed by atoms with E-state index in [1.165, 1.54) is 4.88 Å². The Hall–Kier alpha value is -1.07. The highest BCUT2D eigenvalue weighted by Gasteiger charge is 2.11. The number of aromatic nitrogens is 1. The highest BCUT2D eigenvalue weighted by atomic mass is 127. The Morgan fingerprint density at radius 3 is 2.52 bits per heavy atom. The van der Waals surface area contributed by atoms with Gasteiger partial charge in [0, 0.05) is 11.4 Å². The van der Waals surface area contributed by atoms with Crippen molar-refractivity contribution in [3.63, 3.8) is 0 Å². The molecule has 0 aliphatic carbocycles. The molecule has 1 aromatic carbocycles. The van der Waals surface area contributed by atoms with E-state index in [1.807, 2.05) is 32.9 Å². The van der Waals surface area contributed by atoms with Crippen LogP contribution in [-0.2, 0) is 13.1 Å². The molecule has 9 heteroatoms. The molecule has 0 spiro atoms. The molecule has 1 aromatic heterocycles. The number of methoxy groups -OCH3 is 2. The first-order chi connectivity index (χ1) is 12.5. The number of halogens is 2. The van der Waals surface area contributed by atoms with Crippen LogP contribution in [0.1, 0.15) is 28.1 Å². The lowest BCUT2D eigenvalue weighted by molar-refractivity contribution is 0.352. The van der Waals surface area contributed by atoms with Gasteiger partial charge in [0.25, 0.3) is 0 Å². The van der Waals surface area contributed by atoms with E-state index < -0.39 is 0 Å². The van der Waals surface area contributed by atoms with Gasteiger partial charge in [-0.3, -0.25) is 0 Å². The van der Waals surface area contributed by atoms with Gasteiger partial charge in [-0.2, -0.15) is 0 Å². The lowest BCUT2D eigenvalue weighted by Gasteiger charge is -2.13. The van der Waals surface area contributed by atoms with Crippen molar-refractivity contribution < 1.29 is 9.47 Å². The molecule has 0 saturated carbocycles. The number of thiazole rings is 1. The number of hydrogen-bond acceptors (Lipinski definition) is 5. The second kappa shape index (κ2) is 11.7. The average Bonchev–Trinajstić information content (AvgIpc) is 2.94. The topological polar surface area (TPSA) is 67.8 Å². The minimum absolute atomic E-state index is 0. The predicted octanol–water partition coefficient (Wildman–Crippen LogP) is 4.41. The molecule has 0 aliphatic heterocycles. The number of hydrogen-bond donors (Lipinski definition) is 2. The van der Waals surface area contributed by atoms with Gasteiger partial charge in [-0.25, -0.2) is 9.98 Å². The number of nitrogens with one attached hydrogen (secondary N) is 2. The molecule has 2 aromatic rings. The molecule has 0 saturated heterocycles. The number of guanidine groups is 1. The van der Waals surface area contributed by atoms with Crippen LogP contribution in [0, 0.1) is 13.8 Å². The van der Waals surface area contributed by atoms with Crippen molar-refractivity contribution in [1.29, 1.82) is 0 Å². The van der Waals surface area contributed by atoms with Gasteiger partial charge < -0.3 is 20.1 Å². The Bertz CT molecular complexity index is 783. The minimum Gasteiger partial charge on any atom is -0.493 e. The molecular weight excluding hydrogens is 543 g/mol. The zero-order chi connectivity index (χ0) is 19.1. The van der Waals surface area contributed by atoms with E-state index in [0.717, 1.165) is 33.2 Å². The fourth-order valence-corrected chi connectivity index (χ4v) is 4.00. The quantitative estimate of drug-likeness (QED) is 0.294. The highest BCUT2D eigenvalue weighted by Crippen LogP contribution is 2.36. The minimum atomic E-state index is 0. The molecule has 0 aliphatic rings. The van der Waals surface area contributed by atoms with E-state index in [2.05, 4.69) is 36.5 Å². The van der Waals surface area contributed by atoms with Crippen molar-refractivity contribution in [2.45, 2.75) is 33.9 Å². The summed E-state index contributed by atoms with van der Waals surface area (Å²) in [5.41, 5.74) is 2.09. The summed E-state index contributed by atoms with van der Waals surface area (Å²) in [6.07, 6.45) is 0. The fraction of sp³-hybridized carbons (Fsp3) is 0.444. The first-order valence-corrected chi connectivity index (χ1v) is 9.94. The summed E-state index contributed by atoms with van der Waals surface area (Å²) >= 11 is 5.22. The standard InChI is InChI=1S/C18H25BrN4O2S.HI/c1-6-20-18(22-10-16-11(2)23-12(3)26-16)21-9-13-7-14(19)17(25-5)15(8-13)24-4;/h7-8H,6,9-10H2,1-5H3,(H2,20,21,22);1H. The SMILES string of the molecule is CCNC(=NCc1cc(Br)c(OC)c(OC)c1)NCc1sc(C)nc1C.I. The summed E-state index contributed by atoms with van der Waals surface area (Å²) in [6.45, 7) is 8.13. The normalized spacial score (nSPS) is 11.0. The van der Waals surface area contributed by atoms with Crippen LogP contribution in [0.3, 0.4) is 0 Å². The van der Waals surface area contributed by atoms with Gasteiger partial charge in [-0.15, -0.1) is 35.3 Å². The van der Waals surface area contributed by atoms with Crippen molar-refractivity contribution in [3.8, 4) is 11.5 Å². The second-order valence-corrected chi connectivity index (χ2v) is 7.75. The van der Waals surface area contributed by atoms with Crippen molar-refractivity contribution >= 4 is 57.2 Å². The van der Waals surface area contributed by atoms with E-state index in [4.69, 9.17) is 9.47 Å². The van der Waals surface area contributed by atoms with E-state index in [1.54, 1.807) is 25.6 Å². The highest BCUT2D eigenvalue weighted by molar-refractivity contribution is 14.0. The molecule has 0 atom stereocenters. The van der Waals surface area contributed by atoms with Crippen molar-refractivity contribution in [3.05, 3.63) is 37.7 Å². The smallest absolute Gasteiger partial charge is 0.191 e. The lowest BCUT2D eigenvalue weighted by atomic mass is 10.2. The third kappa shape index (κ3) is 6.79. The number of aliphatic imine (C=N–C) groups is 1. The van der Waals surface area contributed by atoms with Crippen LogP contribution in [0.15, 0.2) is 21.6 Å². The van der Waals surface area contributed by atoms with Crippen LogP contribution < -0.4 is 20.1 Å². The molecule has 0 fully saturated rings. The number of aryl methyl sites for hydroxylation is 2. The molecule has 2 N–H and O–H groups in total. The van der Waals surface area contributed by atoms with Crippen LogP contribution in [0.4, 0.5) is 0 Å². The molecule has 2 rings (SSSR count). The Balaban J connectivity index is 0.00000364. The fourth-order valence-electron chi connectivity index (χ4n) is 2.48. The lowest BCUT2D eigenvalue weighted by Crippen LogP contribution is -2.36. The van der Waals surface area contributed by atoms with Crippen LogP contribution in [-0.4, -0.2) is 31.7 Å². The molecule has 0 unspecified atom stereocenters. The van der Waals surface area contributed by atoms with Crippen LogP contribution >= 0.6 is 51.2 Å². The van der Waals surface area contributed by atoms with Crippen molar-refractivity contribution in [2.75, 3.05) is 20.8 Å². The number of rotatable bonds is 7. The summed E-state index contributed by atoms with van der Waals surface area (Å²) < 4.78 is 11.6. The summed E-state index contributed by atoms with van der Waals surface area (Å²) in [5, 5.41) is 7.72. The molecule has 0 amide bonds. The number of nitrogens with zero attached hydrogens (tertiary/aromatic N) is 2. The van der Waals surface area contributed by atoms with Gasteiger partial charge in [0.1, 0.15) is 0 Å². The Morgan fingerprint density at radius 2 is 1.96 bits per heavy atom. The Kier molecular flexibility index (Phi) is 10.4. The molecule has 0 radical (unpaired) electrons. The maximum Gasteiger partial charge on any atom is 0.191 e. The summed E-state index contributed by atoms with van der Waals surface area (Å²) in [7, 11) is 3.25. The summed E-state index contributed by atoms with van der Waals surface area (Å²) in [4.78, 5) is 10.4. The molecular formula is C18H26BrIN4O2S. The zero-order valence-corrected chi connectivity index (χ0v) is 20.9. The van der Waals surface area contributed by atoms with Gasteiger partial charge in [0.2, 0.25) is 0 Å². The third-order valence-electron chi connectivity index (χ3n) is 3.67. The molecule has 1 heterocycles. The molecule has 6 nitrogen and oxygen atoms in total. The predicted molar refractivity (Wildman–Crippen MR) is 126 cm³/mol. The maximum absolute atomic E-state index is 5.39. The van der Waals surface area contributed by atoms with Gasteiger partial charge in [-0.05, 0) is 54.4 Å². The molecule has 150 valence electrons. The summed E-state index contributed by atoms with van der Waals surface area (Å²) in [6, 6.07) is 3.93.